The van der Waals surface area contributed by atoms with E-state index < -0.39 is 5.91 Å². The van der Waals surface area contributed by atoms with Crippen molar-refractivity contribution in [3.8, 4) is 11.5 Å². The molecule has 0 bridgehead atoms. The topological polar surface area (TPSA) is 108 Å². The molecule has 6 nitrogen and oxygen atoms in total. The van der Waals surface area contributed by atoms with Crippen molar-refractivity contribution in [2.75, 3.05) is 5.73 Å². The lowest BCUT2D eigenvalue weighted by Gasteiger charge is -2.04. The highest BCUT2D eigenvalue weighted by atomic mass is 79.9. The summed E-state index contributed by atoms with van der Waals surface area (Å²) in [6.07, 6.45) is 1.26. The number of nitrogen functional groups attached to an aromatic ring is 1. The van der Waals surface area contributed by atoms with Crippen molar-refractivity contribution in [3.63, 3.8) is 0 Å². The van der Waals surface area contributed by atoms with Crippen molar-refractivity contribution in [1.82, 2.24) is 5.43 Å². The Morgan fingerprint density at radius 1 is 1.24 bits per heavy atom. The van der Waals surface area contributed by atoms with Crippen molar-refractivity contribution in [3.05, 3.63) is 52.0 Å². The molecule has 0 aliphatic rings. The minimum absolute atomic E-state index is 0.0919. The van der Waals surface area contributed by atoms with E-state index in [9.17, 15) is 15.0 Å². The molecule has 7 heteroatoms. The average molecular weight is 350 g/mol. The van der Waals surface area contributed by atoms with Crippen molar-refractivity contribution < 1.29 is 15.0 Å². The molecule has 0 heterocycles. The molecule has 108 valence electrons. The number of carbonyl (C=O) groups is 1. The van der Waals surface area contributed by atoms with Gasteiger partial charge in [0, 0.05) is 17.3 Å². The number of hydrogen-bond donors (Lipinski definition) is 4. The second-order valence-corrected chi connectivity index (χ2v) is 5.00. The number of benzene rings is 2. The Morgan fingerprint density at radius 3 is 2.67 bits per heavy atom. The van der Waals surface area contributed by atoms with Crippen LogP contribution in [0.15, 0.2) is 46.0 Å². The lowest BCUT2D eigenvalue weighted by atomic mass is 10.2. The van der Waals surface area contributed by atoms with Gasteiger partial charge in [0.1, 0.15) is 11.5 Å². The van der Waals surface area contributed by atoms with Gasteiger partial charge < -0.3 is 15.9 Å². The molecule has 2 aromatic rings. The zero-order valence-electron chi connectivity index (χ0n) is 10.7. The van der Waals surface area contributed by atoms with Crippen LogP contribution in [0.4, 0.5) is 5.69 Å². The Morgan fingerprint density at radius 2 is 1.95 bits per heavy atom. The van der Waals surface area contributed by atoms with Crippen molar-refractivity contribution >= 4 is 33.7 Å². The second-order valence-electron chi connectivity index (χ2n) is 4.15. The summed E-state index contributed by atoms with van der Waals surface area (Å²) in [6, 6.07) is 9.25. The summed E-state index contributed by atoms with van der Waals surface area (Å²) in [5.74, 6) is -0.708. The van der Waals surface area contributed by atoms with Gasteiger partial charge in [0.05, 0.1) is 16.3 Å². The molecule has 0 radical (unpaired) electrons. The number of aromatic hydroxyl groups is 2. The lowest BCUT2D eigenvalue weighted by Crippen LogP contribution is -2.19. The van der Waals surface area contributed by atoms with Crippen molar-refractivity contribution in [2.45, 2.75) is 0 Å². The summed E-state index contributed by atoms with van der Waals surface area (Å²) in [6.45, 7) is 0. The van der Waals surface area contributed by atoms with E-state index in [-0.39, 0.29) is 11.5 Å². The number of nitrogens with zero attached hydrogens (tertiary/aromatic N) is 1. The molecular weight excluding hydrogens is 338 g/mol. The molecule has 0 aliphatic heterocycles. The van der Waals surface area contributed by atoms with Crippen molar-refractivity contribution in [2.24, 2.45) is 5.10 Å². The predicted molar refractivity (Wildman–Crippen MR) is 83.4 cm³/mol. The van der Waals surface area contributed by atoms with Crippen molar-refractivity contribution in [1.29, 1.82) is 0 Å². The van der Waals surface area contributed by atoms with Crippen LogP contribution in [0.2, 0.25) is 0 Å². The number of rotatable bonds is 3. The first-order valence-electron chi connectivity index (χ1n) is 5.88. The van der Waals surface area contributed by atoms with Crippen LogP contribution in [0.25, 0.3) is 0 Å². The molecule has 0 saturated carbocycles. The Balaban J connectivity index is 2.11. The first-order chi connectivity index (χ1) is 9.99. The van der Waals surface area contributed by atoms with Crippen LogP contribution in [0, 0.1) is 0 Å². The van der Waals surface area contributed by atoms with Gasteiger partial charge in [-0.3, -0.25) is 4.79 Å². The molecule has 0 aliphatic carbocycles. The third-order valence-electron chi connectivity index (χ3n) is 2.67. The molecule has 1 amide bonds. The molecule has 5 N–H and O–H groups in total. The van der Waals surface area contributed by atoms with Gasteiger partial charge in [-0.2, -0.15) is 5.10 Å². The van der Waals surface area contributed by atoms with Crippen LogP contribution in [0.3, 0.4) is 0 Å². The number of hydrazone groups is 1. The highest BCUT2D eigenvalue weighted by Crippen LogP contribution is 2.30. The molecule has 2 rings (SSSR count). The largest absolute Gasteiger partial charge is 0.507 e. The zero-order valence-corrected chi connectivity index (χ0v) is 12.3. The fourth-order valence-electron chi connectivity index (χ4n) is 1.59. The monoisotopic (exact) mass is 349 g/mol. The maximum atomic E-state index is 11.8. The average Bonchev–Trinajstić information content (AvgIpc) is 2.44. The van der Waals surface area contributed by atoms with Crippen LogP contribution < -0.4 is 11.2 Å². The van der Waals surface area contributed by atoms with Gasteiger partial charge >= 0.3 is 0 Å². The molecule has 0 aromatic heterocycles. The Kier molecular flexibility index (Phi) is 4.44. The maximum absolute atomic E-state index is 11.8. The molecule has 0 atom stereocenters. The second kappa shape index (κ2) is 6.27. The quantitative estimate of drug-likeness (QED) is 0.387. The summed E-state index contributed by atoms with van der Waals surface area (Å²) in [4.78, 5) is 11.8. The highest BCUT2D eigenvalue weighted by Gasteiger charge is 2.08. The minimum Gasteiger partial charge on any atom is -0.507 e. The summed E-state index contributed by atoms with van der Waals surface area (Å²) in [5.41, 5.74) is 8.98. The van der Waals surface area contributed by atoms with E-state index in [1.807, 2.05) is 0 Å². The lowest BCUT2D eigenvalue weighted by molar-refractivity contribution is 0.0956. The van der Waals surface area contributed by atoms with Gasteiger partial charge in [-0.05, 0) is 34.1 Å². The van der Waals surface area contributed by atoms with Gasteiger partial charge in [0.25, 0.3) is 5.91 Å². The number of phenolic OH excluding ortho intramolecular Hbond substituents is 2. The van der Waals surface area contributed by atoms with E-state index in [4.69, 9.17) is 5.73 Å². The van der Waals surface area contributed by atoms with E-state index in [0.29, 0.717) is 21.3 Å². The number of anilines is 1. The van der Waals surface area contributed by atoms with E-state index >= 15 is 0 Å². The molecule has 0 spiro atoms. The third-order valence-corrected chi connectivity index (χ3v) is 3.31. The Hall–Kier alpha value is -2.54. The predicted octanol–water partition coefficient (Wildman–Crippen LogP) is 2.21. The minimum atomic E-state index is -0.457. The number of para-hydroxylation sites is 1. The van der Waals surface area contributed by atoms with E-state index in [1.165, 1.54) is 18.3 Å². The molecule has 0 saturated heterocycles. The molecule has 0 fully saturated rings. The number of carbonyl (C=O) groups excluding carboxylic acids is 1. The van der Waals surface area contributed by atoms with Gasteiger partial charge in [0.15, 0.2) is 0 Å². The number of phenols is 2. The van der Waals surface area contributed by atoms with E-state index in [1.54, 1.807) is 24.3 Å². The third kappa shape index (κ3) is 3.51. The van der Waals surface area contributed by atoms with Crippen LogP contribution in [0.1, 0.15) is 15.9 Å². The summed E-state index contributed by atoms with van der Waals surface area (Å²) in [7, 11) is 0. The smallest absolute Gasteiger partial charge is 0.273 e. The normalized spacial score (nSPS) is 10.7. The van der Waals surface area contributed by atoms with Gasteiger partial charge in [-0.1, -0.05) is 12.1 Å². The summed E-state index contributed by atoms with van der Waals surface area (Å²) < 4.78 is 0.403. The van der Waals surface area contributed by atoms with Gasteiger partial charge in [0.2, 0.25) is 0 Å². The summed E-state index contributed by atoms with van der Waals surface area (Å²) >= 11 is 3.12. The number of halogens is 1. The molecule has 21 heavy (non-hydrogen) atoms. The van der Waals surface area contributed by atoms with E-state index in [0.717, 1.165) is 0 Å². The van der Waals surface area contributed by atoms with Gasteiger partial charge in [-0.15, -0.1) is 0 Å². The number of hydrogen-bond acceptors (Lipinski definition) is 5. The maximum Gasteiger partial charge on any atom is 0.273 e. The Labute approximate surface area is 129 Å². The first kappa shape index (κ1) is 14.9. The fourth-order valence-corrected chi connectivity index (χ4v) is 1.96. The van der Waals surface area contributed by atoms with Crippen LogP contribution in [0.5, 0.6) is 11.5 Å². The van der Waals surface area contributed by atoms with Crippen LogP contribution >= 0.6 is 15.9 Å². The zero-order chi connectivity index (χ0) is 15.4. The molecule has 0 unspecified atom stereocenters. The number of nitrogens with two attached hydrogens (primary N) is 1. The number of nitrogens with one attached hydrogen (secondary N) is 1. The fraction of sp³-hybridized carbons (Fsp3) is 0. The van der Waals surface area contributed by atoms with Crippen LogP contribution in [-0.2, 0) is 0 Å². The van der Waals surface area contributed by atoms with E-state index in [2.05, 4.69) is 26.5 Å². The summed E-state index contributed by atoms with van der Waals surface area (Å²) in [5, 5.41) is 22.8. The Bertz CT molecular complexity index is 717. The van der Waals surface area contributed by atoms with Gasteiger partial charge in [-0.25, -0.2) is 5.43 Å². The molecular formula is C14H12BrN3O3. The molecule has 2 aromatic carbocycles. The highest BCUT2D eigenvalue weighted by molar-refractivity contribution is 9.10. The number of amides is 1. The first-order valence-corrected chi connectivity index (χ1v) is 6.67. The van der Waals surface area contributed by atoms with Crippen LogP contribution in [-0.4, -0.2) is 22.3 Å². The SMILES string of the molecule is Nc1ccccc1C(=O)N/N=C\c1cc(Br)c(O)cc1O. The standard InChI is InChI=1S/C14H12BrN3O3/c15-10-5-8(12(19)6-13(10)20)7-17-18-14(21)9-3-1-2-4-11(9)16/h1-7,19-20H,16H2,(H,18,21)/b17-7-.